The van der Waals surface area contributed by atoms with E-state index in [0.717, 1.165) is 6.21 Å². The Balaban J connectivity index is 1.80. The molecule has 0 saturated heterocycles. The molecule has 0 unspecified atom stereocenters. The molecule has 0 aliphatic heterocycles. The second kappa shape index (κ2) is 10.5. The summed E-state index contributed by atoms with van der Waals surface area (Å²) in [6, 6.07) is 16.3. The summed E-state index contributed by atoms with van der Waals surface area (Å²) in [5.41, 5.74) is 2.76. The molecule has 3 rings (SSSR count). The van der Waals surface area contributed by atoms with E-state index in [1.165, 1.54) is 38.5 Å². The number of hydrogen-bond donors (Lipinski definition) is 1. The van der Waals surface area contributed by atoms with Gasteiger partial charge in [0.1, 0.15) is 17.2 Å². The van der Waals surface area contributed by atoms with Crippen molar-refractivity contribution in [1.29, 1.82) is 0 Å². The smallest absolute Gasteiger partial charge is 0.343 e. The number of amides is 1. The molecule has 0 aliphatic carbocycles. The van der Waals surface area contributed by atoms with Gasteiger partial charge >= 0.3 is 5.97 Å². The maximum Gasteiger partial charge on any atom is 0.343 e. The van der Waals surface area contributed by atoms with Crippen LogP contribution >= 0.6 is 0 Å². The number of nitro groups is 1. The molecule has 0 aromatic heterocycles. The lowest BCUT2D eigenvalue weighted by molar-refractivity contribution is -0.384. The Kier molecular flexibility index (Phi) is 7.32. The van der Waals surface area contributed by atoms with E-state index in [1.54, 1.807) is 42.5 Å². The van der Waals surface area contributed by atoms with Crippen molar-refractivity contribution < 1.29 is 28.7 Å². The van der Waals surface area contributed by atoms with Crippen molar-refractivity contribution in [3.05, 3.63) is 93.5 Å². The Morgan fingerprint density at radius 3 is 2.33 bits per heavy atom. The number of ether oxygens (including phenoxy) is 3. The number of rotatable bonds is 8. The van der Waals surface area contributed by atoms with E-state index in [0.29, 0.717) is 17.1 Å². The Morgan fingerprint density at radius 2 is 1.67 bits per heavy atom. The number of nitrogens with one attached hydrogen (secondary N) is 1. The van der Waals surface area contributed by atoms with E-state index < -0.39 is 16.8 Å². The fourth-order valence-electron chi connectivity index (χ4n) is 2.72. The molecule has 0 atom stereocenters. The van der Waals surface area contributed by atoms with E-state index >= 15 is 0 Å². The molecule has 3 aromatic carbocycles. The molecular formula is C23H19N3O7. The van der Waals surface area contributed by atoms with E-state index in [1.807, 2.05) is 0 Å². The second-order valence-electron chi connectivity index (χ2n) is 6.53. The Labute approximate surface area is 188 Å². The number of carbonyl (C=O) groups excluding carboxylic acids is 2. The molecule has 1 N–H and O–H groups in total. The van der Waals surface area contributed by atoms with Crippen LogP contribution in [0.15, 0.2) is 71.8 Å². The van der Waals surface area contributed by atoms with Gasteiger partial charge in [-0.25, -0.2) is 10.2 Å². The molecule has 33 heavy (non-hydrogen) atoms. The first-order valence-electron chi connectivity index (χ1n) is 9.53. The molecule has 168 valence electrons. The number of methoxy groups -OCH3 is 2. The van der Waals surface area contributed by atoms with Crippen molar-refractivity contribution >= 4 is 23.8 Å². The number of hydrazone groups is 1. The minimum Gasteiger partial charge on any atom is -0.497 e. The van der Waals surface area contributed by atoms with Crippen LogP contribution in [-0.4, -0.2) is 37.2 Å². The van der Waals surface area contributed by atoms with Crippen LogP contribution in [0.3, 0.4) is 0 Å². The molecular weight excluding hydrogens is 430 g/mol. The number of nitrogens with zero attached hydrogens (tertiary/aromatic N) is 2. The Morgan fingerprint density at radius 1 is 0.939 bits per heavy atom. The van der Waals surface area contributed by atoms with E-state index in [9.17, 15) is 19.7 Å². The number of benzene rings is 3. The van der Waals surface area contributed by atoms with Gasteiger partial charge in [0.15, 0.2) is 0 Å². The lowest BCUT2D eigenvalue weighted by atomic mass is 10.2. The molecule has 0 radical (unpaired) electrons. The predicted octanol–water partition coefficient (Wildman–Crippen LogP) is 3.60. The number of non-ortho nitro benzene ring substituents is 1. The van der Waals surface area contributed by atoms with Gasteiger partial charge in [-0.15, -0.1) is 0 Å². The summed E-state index contributed by atoms with van der Waals surface area (Å²) in [5, 5.41) is 15.0. The molecule has 1 amide bonds. The fraction of sp³-hybridized carbons (Fsp3) is 0.0870. The van der Waals surface area contributed by atoms with Crippen LogP contribution in [0.1, 0.15) is 26.3 Å². The van der Waals surface area contributed by atoms with E-state index in [2.05, 4.69) is 10.5 Å². The predicted molar refractivity (Wildman–Crippen MR) is 119 cm³/mol. The molecule has 0 heterocycles. The van der Waals surface area contributed by atoms with Crippen molar-refractivity contribution in [3.63, 3.8) is 0 Å². The number of hydrogen-bond acceptors (Lipinski definition) is 8. The van der Waals surface area contributed by atoms with Gasteiger partial charge < -0.3 is 14.2 Å². The van der Waals surface area contributed by atoms with Crippen LogP contribution in [0.4, 0.5) is 5.69 Å². The minimum atomic E-state index is -0.695. The maximum atomic E-state index is 12.5. The average Bonchev–Trinajstić information content (AvgIpc) is 2.84. The average molecular weight is 449 g/mol. The highest BCUT2D eigenvalue weighted by Gasteiger charge is 2.16. The van der Waals surface area contributed by atoms with E-state index in [-0.39, 0.29) is 22.6 Å². The van der Waals surface area contributed by atoms with Crippen LogP contribution in [0.25, 0.3) is 0 Å². The summed E-state index contributed by atoms with van der Waals surface area (Å²) in [5.74, 6) is -0.116. The highest BCUT2D eigenvalue weighted by Crippen LogP contribution is 2.24. The molecule has 0 fully saturated rings. The topological polar surface area (TPSA) is 129 Å². The molecule has 0 aliphatic rings. The second-order valence-corrected chi connectivity index (χ2v) is 6.53. The first-order valence-corrected chi connectivity index (χ1v) is 9.53. The highest BCUT2D eigenvalue weighted by molar-refractivity contribution is 5.96. The van der Waals surface area contributed by atoms with Crippen molar-refractivity contribution in [2.45, 2.75) is 0 Å². The fourth-order valence-corrected chi connectivity index (χ4v) is 2.72. The van der Waals surface area contributed by atoms with Crippen molar-refractivity contribution in [2.75, 3.05) is 14.2 Å². The van der Waals surface area contributed by atoms with Crippen LogP contribution in [0.5, 0.6) is 17.2 Å². The Bertz CT molecular complexity index is 1210. The number of nitro benzene ring substituents is 1. The summed E-state index contributed by atoms with van der Waals surface area (Å²) in [4.78, 5) is 35.3. The molecule has 10 nitrogen and oxygen atoms in total. The zero-order valence-electron chi connectivity index (χ0n) is 17.7. The molecule has 0 bridgehead atoms. The van der Waals surface area contributed by atoms with Gasteiger partial charge in [-0.3, -0.25) is 14.9 Å². The minimum absolute atomic E-state index is 0.0240. The van der Waals surface area contributed by atoms with Gasteiger partial charge in [0.05, 0.1) is 30.9 Å². The van der Waals surface area contributed by atoms with Crippen LogP contribution < -0.4 is 19.6 Å². The summed E-state index contributed by atoms with van der Waals surface area (Å²) in [7, 11) is 2.98. The lowest BCUT2D eigenvalue weighted by Gasteiger charge is -2.08. The zero-order chi connectivity index (χ0) is 23.8. The van der Waals surface area contributed by atoms with Gasteiger partial charge in [-0.1, -0.05) is 6.07 Å². The largest absolute Gasteiger partial charge is 0.497 e. The lowest BCUT2D eigenvalue weighted by Crippen LogP contribution is -2.17. The third kappa shape index (κ3) is 5.91. The SMILES string of the molecule is COc1ccc(C(=O)N/N=C/c2cc([N+](=O)[O-])ccc2OC(=O)c2cccc(OC)c2)cc1. The molecule has 3 aromatic rings. The standard InChI is InChI=1S/C23H19N3O7/c1-31-19-9-6-15(7-10-19)22(27)25-24-14-17-12-18(26(29)30)8-11-21(17)33-23(28)16-4-3-5-20(13-16)32-2/h3-14H,1-2H3,(H,25,27)/b24-14+. The number of esters is 1. The molecule has 10 heteroatoms. The van der Waals surface area contributed by atoms with Crippen molar-refractivity contribution in [2.24, 2.45) is 5.10 Å². The normalized spacial score (nSPS) is 10.5. The van der Waals surface area contributed by atoms with Crippen molar-refractivity contribution in [1.82, 2.24) is 5.43 Å². The third-order valence-electron chi connectivity index (χ3n) is 4.43. The summed E-state index contributed by atoms with van der Waals surface area (Å²) < 4.78 is 15.5. The summed E-state index contributed by atoms with van der Waals surface area (Å²) in [6.45, 7) is 0. The Hall–Kier alpha value is -4.73. The van der Waals surface area contributed by atoms with Gasteiger partial charge in [0.2, 0.25) is 0 Å². The van der Waals surface area contributed by atoms with E-state index in [4.69, 9.17) is 14.2 Å². The third-order valence-corrected chi connectivity index (χ3v) is 4.43. The molecule has 0 saturated carbocycles. The quantitative estimate of drug-likeness (QED) is 0.183. The van der Waals surface area contributed by atoms with Crippen LogP contribution in [0.2, 0.25) is 0 Å². The highest BCUT2D eigenvalue weighted by atomic mass is 16.6. The van der Waals surface area contributed by atoms with Gasteiger partial charge in [-0.2, -0.15) is 5.10 Å². The van der Waals surface area contributed by atoms with Gasteiger partial charge in [0.25, 0.3) is 11.6 Å². The van der Waals surface area contributed by atoms with Crippen LogP contribution in [-0.2, 0) is 0 Å². The monoisotopic (exact) mass is 449 g/mol. The van der Waals surface area contributed by atoms with Gasteiger partial charge in [-0.05, 0) is 48.5 Å². The summed E-state index contributed by atoms with van der Waals surface area (Å²) in [6.07, 6.45) is 1.16. The van der Waals surface area contributed by atoms with Crippen LogP contribution in [0, 0.1) is 10.1 Å². The van der Waals surface area contributed by atoms with Gasteiger partial charge in [0, 0.05) is 23.3 Å². The maximum absolute atomic E-state index is 12.5. The first kappa shape index (κ1) is 22.9. The van der Waals surface area contributed by atoms with Crippen molar-refractivity contribution in [3.8, 4) is 17.2 Å². The number of carbonyl (C=O) groups is 2. The summed E-state index contributed by atoms with van der Waals surface area (Å²) >= 11 is 0. The first-order chi connectivity index (χ1) is 15.9. The zero-order valence-corrected chi connectivity index (χ0v) is 17.7. The molecule has 0 spiro atoms.